The van der Waals surface area contributed by atoms with Crippen LogP contribution in [0.25, 0.3) is 0 Å². The molecule has 1 heterocycles. The van der Waals surface area contributed by atoms with Crippen LogP contribution in [-0.2, 0) is 11.3 Å². The maximum Gasteiger partial charge on any atom is 0.230 e. The Kier molecular flexibility index (Phi) is 6.01. The Balaban J connectivity index is 1.68. The fourth-order valence-electron chi connectivity index (χ4n) is 2.04. The van der Waals surface area contributed by atoms with Crippen molar-refractivity contribution < 1.29 is 4.79 Å². The average molecular weight is 299 g/mol. The molecule has 1 aromatic carbocycles. The predicted octanol–water partition coefficient (Wildman–Crippen LogP) is 2.44. The number of hydrogen-bond donors (Lipinski definition) is 2. The Hall–Kier alpha value is -0.710. The first-order chi connectivity index (χ1) is 9.25. The highest BCUT2D eigenvalue weighted by Gasteiger charge is 2.14. The van der Waals surface area contributed by atoms with Crippen molar-refractivity contribution in [3.05, 3.63) is 34.9 Å². The lowest BCUT2D eigenvalue weighted by molar-refractivity contribution is -0.118. The highest BCUT2D eigenvalue weighted by Crippen LogP contribution is 2.20. The number of nitrogens with one attached hydrogen (secondary N) is 2. The number of amides is 1. The van der Waals surface area contributed by atoms with Gasteiger partial charge in [0.05, 0.1) is 5.75 Å². The molecule has 1 saturated heterocycles. The smallest absolute Gasteiger partial charge is 0.230 e. The van der Waals surface area contributed by atoms with Crippen molar-refractivity contribution in [3.8, 4) is 0 Å². The molecule has 0 spiro atoms. The van der Waals surface area contributed by atoms with E-state index in [1.165, 1.54) is 0 Å². The Labute approximate surface area is 123 Å². The maximum atomic E-state index is 11.8. The molecule has 1 aliphatic heterocycles. The summed E-state index contributed by atoms with van der Waals surface area (Å²) >= 11 is 7.80. The fourth-order valence-corrected chi connectivity index (χ4v) is 3.30. The maximum absolute atomic E-state index is 11.8. The van der Waals surface area contributed by atoms with E-state index < -0.39 is 0 Å². The van der Waals surface area contributed by atoms with E-state index >= 15 is 0 Å². The van der Waals surface area contributed by atoms with Gasteiger partial charge >= 0.3 is 0 Å². The summed E-state index contributed by atoms with van der Waals surface area (Å²) in [4.78, 5) is 11.8. The number of carbonyl (C=O) groups is 1. The molecule has 1 fully saturated rings. The van der Waals surface area contributed by atoms with Crippen LogP contribution in [-0.4, -0.2) is 30.0 Å². The number of rotatable bonds is 5. The van der Waals surface area contributed by atoms with Crippen molar-refractivity contribution in [2.24, 2.45) is 0 Å². The summed E-state index contributed by atoms with van der Waals surface area (Å²) in [6.07, 6.45) is 2.31. The van der Waals surface area contributed by atoms with Crippen molar-refractivity contribution in [2.75, 3.05) is 18.8 Å². The van der Waals surface area contributed by atoms with Crippen LogP contribution in [0.5, 0.6) is 0 Å². The van der Waals surface area contributed by atoms with Crippen molar-refractivity contribution in [3.63, 3.8) is 0 Å². The highest BCUT2D eigenvalue weighted by molar-refractivity contribution is 8.00. The molecule has 0 bridgehead atoms. The van der Waals surface area contributed by atoms with Crippen molar-refractivity contribution in [2.45, 2.75) is 24.6 Å². The standard InChI is InChI=1S/C14H19ClN2OS/c15-13-4-2-1-3-11(13)9-17-14(18)10-19-12-5-7-16-8-6-12/h1-4,12,16H,5-10H2,(H,17,18). The molecule has 0 radical (unpaired) electrons. The molecule has 0 atom stereocenters. The van der Waals surface area contributed by atoms with E-state index in [9.17, 15) is 4.79 Å². The summed E-state index contributed by atoms with van der Waals surface area (Å²) < 4.78 is 0. The van der Waals surface area contributed by atoms with Crippen LogP contribution in [0.15, 0.2) is 24.3 Å². The van der Waals surface area contributed by atoms with Gasteiger partial charge in [-0.2, -0.15) is 0 Å². The third kappa shape index (κ3) is 5.05. The minimum atomic E-state index is 0.0865. The van der Waals surface area contributed by atoms with Gasteiger partial charge in [-0.3, -0.25) is 4.79 Å². The molecule has 0 saturated carbocycles. The van der Waals surface area contributed by atoms with Gasteiger partial charge in [-0.25, -0.2) is 0 Å². The van der Waals surface area contributed by atoms with Crippen LogP contribution in [0.3, 0.4) is 0 Å². The first-order valence-electron chi connectivity index (χ1n) is 6.58. The minimum Gasteiger partial charge on any atom is -0.351 e. The summed E-state index contributed by atoms with van der Waals surface area (Å²) in [6, 6.07) is 7.59. The predicted molar refractivity (Wildman–Crippen MR) is 81.6 cm³/mol. The van der Waals surface area contributed by atoms with E-state index in [-0.39, 0.29) is 5.91 Å². The van der Waals surface area contributed by atoms with Gasteiger partial charge in [-0.15, -0.1) is 11.8 Å². The lowest BCUT2D eigenvalue weighted by Crippen LogP contribution is -2.31. The van der Waals surface area contributed by atoms with Crippen LogP contribution in [0.1, 0.15) is 18.4 Å². The normalized spacial score (nSPS) is 16.3. The van der Waals surface area contributed by atoms with Gasteiger partial charge in [0.2, 0.25) is 5.91 Å². The monoisotopic (exact) mass is 298 g/mol. The quantitative estimate of drug-likeness (QED) is 0.877. The fraction of sp³-hybridized carbons (Fsp3) is 0.500. The lowest BCUT2D eigenvalue weighted by atomic mass is 10.2. The topological polar surface area (TPSA) is 41.1 Å². The number of piperidine rings is 1. The van der Waals surface area contributed by atoms with Gasteiger partial charge in [0.25, 0.3) is 0 Å². The van der Waals surface area contributed by atoms with Crippen LogP contribution < -0.4 is 10.6 Å². The highest BCUT2D eigenvalue weighted by atomic mass is 35.5. The zero-order valence-electron chi connectivity index (χ0n) is 10.8. The number of halogens is 1. The largest absolute Gasteiger partial charge is 0.351 e. The third-order valence-electron chi connectivity index (χ3n) is 3.17. The number of hydrogen-bond acceptors (Lipinski definition) is 3. The molecular weight excluding hydrogens is 280 g/mol. The molecule has 0 aromatic heterocycles. The van der Waals surface area contributed by atoms with E-state index in [1.54, 1.807) is 11.8 Å². The number of thioether (sulfide) groups is 1. The molecule has 2 rings (SSSR count). The second-order valence-electron chi connectivity index (χ2n) is 4.63. The van der Waals surface area contributed by atoms with E-state index in [0.29, 0.717) is 22.6 Å². The summed E-state index contributed by atoms with van der Waals surface area (Å²) in [5.74, 6) is 0.623. The van der Waals surface area contributed by atoms with Crippen LogP contribution in [0, 0.1) is 0 Å². The molecule has 1 aliphatic rings. The third-order valence-corrected chi connectivity index (χ3v) is 4.91. The molecule has 0 aliphatic carbocycles. The molecule has 19 heavy (non-hydrogen) atoms. The second kappa shape index (κ2) is 7.78. The number of carbonyl (C=O) groups excluding carboxylic acids is 1. The molecule has 5 heteroatoms. The molecule has 3 nitrogen and oxygen atoms in total. The number of benzene rings is 1. The van der Waals surface area contributed by atoms with E-state index in [0.717, 1.165) is 31.5 Å². The molecule has 1 aromatic rings. The van der Waals surface area contributed by atoms with Gasteiger partial charge < -0.3 is 10.6 Å². The minimum absolute atomic E-state index is 0.0865. The molecule has 0 unspecified atom stereocenters. The zero-order chi connectivity index (χ0) is 13.5. The Morgan fingerprint density at radius 2 is 2.11 bits per heavy atom. The lowest BCUT2D eigenvalue weighted by Gasteiger charge is -2.21. The van der Waals surface area contributed by atoms with Gasteiger partial charge in [-0.05, 0) is 37.6 Å². The zero-order valence-corrected chi connectivity index (χ0v) is 12.4. The molecule has 104 valence electrons. The van der Waals surface area contributed by atoms with Crippen LogP contribution >= 0.6 is 23.4 Å². The molecule has 2 N–H and O–H groups in total. The van der Waals surface area contributed by atoms with Crippen LogP contribution in [0.4, 0.5) is 0 Å². The second-order valence-corrected chi connectivity index (χ2v) is 6.32. The van der Waals surface area contributed by atoms with E-state index in [1.807, 2.05) is 24.3 Å². The summed E-state index contributed by atoms with van der Waals surface area (Å²) in [6.45, 7) is 2.64. The first-order valence-corrected chi connectivity index (χ1v) is 8.01. The van der Waals surface area contributed by atoms with Crippen molar-refractivity contribution in [1.82, 2.24) is 10.6 Å². The SMILES string of the molecule is O=C(CSC1CCNCC1)NCc1ccccc1Cl. The van der Waals surface area contributed by atoms with Gasteiger partial charge in [0.15, 0.2) is 0 Å². The Bertz CT molecular complexity index is 422. The van der Waals surface area contributed by atoms with E-state index in [4.69, 9.17) is 11.6 Å². The molecular formula is C14H19ClN2OS. The van der Waals surface area contributed by atoms with E-state index in [2.05, 4.69) is 10.6 Å². The van der Waals surface area contributed by atoms with Crippen molar-refractivity contribution >= 4 is 29.3 Å². The van der Waals surface area contributed by atoms with Crippen LogP contribution in [0.2, 0.25) is 5.02 Å². The summed E-state index contributed by atoms with van der Waals surface area (Å²) in [7, 11) is 0. The van der Waals surface area contributed by atoms with Crippen molar-refractivity contribution in [1.29, 1.82) is 0 Å². The summed E-state index contributed by atoms with van der Waals surface area (Å²) in [5, 5.41) is 7.57. The average Bonchev–Trinajstić information content (AvgIpc) is 2.45. The molecule has 1 amide bonds. The Morgan fingerprint density at radius 1 is 1.37 bits per heavy atom. The van der Waals surface area contributed by atoms with Gasteiger partial charge in [0.1, 0.15) is 0 Å². The van der Waals surface area contributed by atoms with Gasteiger partial charge in [0, 0.05) is 16.8 Å². The summed E-state index contributed by atoms with van der Waals surface area (Å²) in [5.41, 5.74) is 0.962. The Morgan fingerprint density at radius 3 is 2.84 bits per heavy atom. The van der Waals surface area contributed by atoms with Gasteiger partial charge in [-0.1, -0.05) is 29.8 Å². The first kappa shape index (κ1) is 14.7.